The maximum Gasteiger partial charge on any atom is 0.284 e. The average molecular weight is 279 g/mol. The van der Waals surface area contributed by atoms with E-state index >= 15 is 0 Å². The second-order valence-electron chi connectivity index (χ2n) is 4.48. The van der Waals surface area contributed by atoms with E-state index in [1.54, 1.807) is 24.3 Å². The van der Waals surface area contributed by atoms with Crippen molar-refractivity contribution >= 4 is 6.21 Å². The number of hydrogen-bond acceptors (Lipinski definition) is 3. The van der Waals surface area contributed by atoms with Gasteiger partial charge in [-0.3, -0.25) is 4.79 Å². The fraction of sp³-hybridized carbons (Fsp3) is 0. The predicted molar refractivity (Wildman–Crippen MR) is 80.9 cm³/mol. The quantitative estimate of drug-likeness (QED) is 0.722. The summed E-state index contributed by atoms with van der Waals surface area (Å²) in [6.07, 6.45) is 0.872. The minimum Gasteiger partial charge on any atom is -0.493 e. The summed E-state index contributed by atoms with van der Waals surface area (Å²) in [6, 6.07) is 18.1. The molecule has 0 unspecified atom stereocenters. The lowest BCUT2D eigenvalue weighted by Gasteiger charge is -2.12. The van der Waals surface area contributed by atoms with Crippen LogP contribution in [-0.4, -0.2) is 20.7 Å². The maximum atomic E-state index is 12.4. The van der Waals surface area contributed by atoms with Gasteiger partial charge >= 0.3 is 0 Å². The highest BCUT2D eigenvalue weighted by Crippen LogP contribution is 2.21. The second kappa shape index (κ2) is 5.13. The molecular formula is C16H13N3O2. The van der Waals surface area contributed by atoms with Crippen molar-refractivity contribution < 1.29 is 5.11 Å². The molecule has 21 heavy (non-hydrogen) atoms. The molecule has 0 radical (unpaired) electrons. The molecule has 0 aliphatic rings. The maximum absolute atomic E-state index is 12.4. The number of nitrogens with zero attached hydrogens (tertiary/aromatic N) is 2. The molecule has 104 valence electrons. The fourth-order valence-corrected chi connectivity index (χ4v) is 2.24. The number of hydrogen-bond donors (Lipinski definition) is 2. The highest BCUT2D eigenvalue weighted by molar-refractivity contribution is 5.80. The van der Waals surface area contributed by atoms with Gasteiger partial charge < -0.3 is 10.5 Å². The minimum absolute atomic E-state index is 0.0392. The van der Waals surface area contributed by atoms with Crippen LogP contribution in [0.5, 0.6) is 5.88 Å². The third-order valence-corrected chi connectivity index (χ3v) is 3.21. The van der Waals surface area contributed by atoms with Crippen LogP contribution in [0.1, 0.15) is 5.56 Å². The Kier molecular flexibility index (Phi) is 3.16. The van der Waals surface area contributed by atoms with Crippen LogP contribution in [0, 0.1) is 5.41 Å². The second-order valence-corrected chi connectivity index (χ2v) is 4.48. The predicted octanol–water partition coefficient (Wildman–Crippen LogP) is 2.33. The molecule has 0 bridgehead atoms. The topological polar surface area (TPSA) is 71.0 Å². The van der Waals surface area contributed by atoms with Crippen LogP contribution in [0.2, 0.25) is 0 Å². The van der Waals surface area contributed by atoms with E-state index in [-0.39, 0.29) is 11.4 Å². The summed E-state index contributed by atoms with van der Waals surface area (Å²) in [5, 5.41) is 17.6. The van der Waals surface area contributed by atoms with Crippen molar-refractivity contribution in [3.8, 4) is 17.3 Å². The van der Waals surface area contributed by atoms with Gasteiger partial charge in [0.1, 0.15) is 5.56 Å². The van der Waals surface area contributed by atoms with Crippen molar-refractivity contribution in [1.29, 1.82) is 5.41 Å². The zero-order chi connectivity index (χ0) is 14.8. The summed E-state index contributed by atoms with van der Waals surface area (Å²) >= 11 is 0. The molecule has 0 amide bonds. The van der Waals surface area contributed by atoms with Gasteiger partial charge in [0.25, 0.3) is 5.56 Å². The largest absolute Gasteiger partial charge is 0.493 e. The molecule has 0 fully saturated rings. The molecule has 2 aromatic carbocycles. The standard InChI is InChI=1S/C16H13N3O2/c17-11-14-15(20)18(12-7-3-1-4-8-12)19(16(14)21)13-9-5-2-6-10-13/h1-11,17,20H. The van der Waals surface area contributed by atoms with Gasteiger partial charge in [-0.1, -0.05) is 36.4 Å². The Morgan fingerprint density at radius 1 is 0.857 bits per heavy atom. The van der Waals surface area contributed by atoms with Gasteiger partial charge in [-0.05, 0) is 24.3 Å². The minimum atomic E-state index is -0.433. The van der Waals surface area contributed by atoms with E-state index in [1.165, 1.54) is 9.36 Å². The van der Waals surface area contributed by atoms with Gasteiger partial charge in [0.05, 0.1) is 11.4 Å². The van der Waals surface area contributed by atoms with Crippen LogP contribution < -0.4 is 5.56 Å². The fourth-order valence-electron chi connectivity index (χ4n) is 2.24. The molecule has 2 N–H and O–H groups in total. The van der Waals surface area contributed by atoms with Gasteiger partial charge in [0.2, 0.25) is 5.88 Å². The molecule has 5 nitrogen and oxygen atoms in total. The number of para-hydroxylation sites is 2. The molecule has 3 rings (SSSR count). The zero-order valence-electron chi connectivity index (χ0n) is 11.1. The number of rotatable bonds is 3. The van der Waals surface area contributed by atoms with Crippen LogP contribution in [0.4, 0.5) is 0 Å². The zero-order valence-corrected chi connectivity index (χ0v) is 11.1. The lowest BCUT2D eigenvalue weighted by Crippen LogP contribution is -2.21. The highest BCUT2D eigenvalue weighted by Gasteiger charge is 2.19. The molecule has 0 saturated carbocycles. The van der Waals surface area contributed by atoms with Crippen molar-refractivity contribution in [2.75, 3.05) is 0 Å². The first kappa shape index (κ1) is 12.9. The first-order chi connectivity index (χ1) is 10.2. The molecule has 0 atom stereocenters. The third kappa shape index (κ3) is 2.04. The Bertz CT molecular complexity index is 833. The highest BCUT2D eigenvalue weighted by atomic mass is 16.3. The van der Waals surface area contributed by atoms with E-state index in [4.69, 9.17) is 5.41 Å². The first-order valence-electron chi connectivity index (χ1n) is 6.42. The van der Waals surface area contributed by atoms with Crippen LogP contribution in [-0.2, 0) is 0 Å². The number of aromatic hydroxyl groups is 1. The third-order valence-electron chi connectivity index (χ3n) is 3.21. The van der Waals surface area contributed by atoms with Gasteiger partial charge in [-0.15, -0.1) is 0 Å². The van der Waals surface area contributed by atoms with Gasteiger partial charge in [-0.2, -0.15) is 0 Å². The van der Waals surface area contributed by atoms with Crippen molar-refractivity contribution in [2.24, 2.45) is 0 Å². The average Bonchev–Trinajstić information content (AvgIpc) is 2.79. The molecule has 0 saturated heterocycles. The van der Waals surface area contributed by atoms with Crippen molar-refractivity contribution in [3.63, 3.8) is 0 Å². The summed E-state index contributed by atoms with van der Waals surface area (Å²) in [7, 11) is 0. The molecule has 0 aliphatic carbocycles. The van der Waals surface area contributed by atoms with Gasteiger partial charge in [0.15, 0.2) is 0 Å². The summed E-state index contributed by atoms with van der Waals surface area (Å²) in [5.41, 5.74) is 0.791. The van der Waals surface area contributed by atoms with Gasteiger partial charge in [0, 0.05) is 6.21 Å². The van der Waals surface area contributed by atoms with E-state index < -0.39 is 5.56 Å². The summed E-state index contributed by atoms with van der Waals surface area (Å²) in [5.74, 6) is -0.245. The van der Waals surface area contributed by atoms with E-state index in [1.807, 2.05) is 36.4 Å². The molecule has 0 aliphatic heterocycles. The molecule has 5 heteroatoms. The smallest absolute Gasteiger partial charge is 0.284 e. The van der Waals surface area contributed by atoms with Crippen molar-refractivity contribution in [3.05, 3.63) is 76.6 Å². The van der Waals surface area contributed by atoms with Crippen LogP contribution in [0.25, 0.3) is 11.4 Å². The van der Waals surface area contributed by atoms with Gasteiger partial charge in [-0.25, -0.2) is 9.36 Å². The SMILES string of the molecule is N=Cc1c(O)n(-c2ccccc2)n(-c2ccccc2)c1=O. The molecule has 1 heterocycles. The van der Waals surface area contributed by atoms with Crippen LogP contribution in [0.15, 0.2) is 65.5 Å². The van der Waals surface area contributed by atoms with Crippen LogP contribution in [0.3, 0.4) is 0 Å². The van der Waals surface area contributed by atoms with E-state index in [0.717, 1.165) is 6.21 Å². The molecule has 0 spiro atoms. The van der Waals surface area contributed by atoms with E-state index in [9.17, 15) is 9.90 Å². The summed E-state index contributed by atoms with van der Waals surface area (Å²) in [6.45, 7) is 0. The first-order valence-corrected chi connectivity index (χ1v) is 6.42. The van der Waals surface area contributed by atoms with E-state index in [2.05, 4.69) is 0 Å². The number of benzene rings is 2. The lowest BCUT2D eigenvalue weighted by molar-refractivity contribution is 0.424. The lowest BCUT2D eigenvalue weighted by atomic mass is 10.3. The Hall–Kier alpha value is -3.08. The Balaban J connectivity index is 2.39. The number of nitrogens with one attached hydrogen (secondary N) is 1. The number of aromatic nitrogens is 2. The Morgan fingerprint density at radius 3 is 1.81 bits per heavy atom. The normalized spacial score (nSPS) is 10.5. The van der Waals surface area contributed by atoms with Crippen LogP contribution >= 0.6 is 0 Å². The molecule has 1 aromatic heterocycles. The van der Waals surface area contributed by atoms with E-state index in [0.29, 0.717) is 11.4 Å². The Labute approximate surface area is 120 Å². The van der Waals surface area contributed by atoms with Crippen molar-refractivity contribution in [2.45, 2.75) is 0 Å². The van der Waals surface area contributed by atoms with Crippen molar-refractivity contribution in [1.82, 2.24) is 9.36 Å². The Morgan fingerprint density at radius 2 is 1.33 bits per heavy atom. The monoisotopic (exact) mass is 279 g/mol. The summed E-state index contributed by atoms with van der Waals surface area (Å²) in [4.78, 5) is 12.4. The summed E-state index contributed by atoms with van der Waals surface area (Å²) < 4.78 is 2.75. The molecule has 3 aromatic rings. The molecular weight excluding hydrogens is 266 g/mol.